The van der Waals surface area contributed by atoms with Gasteiger partial charge >= 0.3 is 0 Å². The highest BCUT2D eigenvalue weighted by atomic mass is 32.2. The van der Waals surface area contributed by atoms with Gasteiger partial charge in [0, 0.05) is 18.3 Å². The zero-order valence-electron chi connectivity index (χ0n) is 20.2. The number of ether oxygens (including phenoxy) is 2. The Morgan fingerprint density at radius 2 is 1.78 bits per heavy atom. The molecule has 1 aliphatic rings. The minimum absolute atomic E-state index is 0.119. The van der Waals surface area contributed by atoms with Crippen molar-refractivity contribution in [3.8, 4) is 11.5 Å². The van der Waals surface area contributed by atoms with Gasteiger partial charge in [0.25, 0.3) is 5.56 Å². The van der Waals surface area contributed by atoms with Crippen molar-refractivity contribution in [3.63, 3.8) is 0 Å². The van der Waals surface area contributed by atoms with Crippen LogP contribution in [0, 0.1) is 0 Å². The fraction of sp³-hybridized carbons (Fsp3) is 0.250. The van der Waals surface area contributed by atoms with Gasteiger partial charge < -0.3 is 14.8 Å². The molecule has 1 amide bonds. The molecule has 0 aliphatic carbocycles. The highest BCUT2D eigenvalue weighted by Gasteiger charge is 2.20. The number of amides is 1. The summed E-state index contributed by atoms with van der Waals surface area (Å²) < 4.78 is 12.6. The zero-order valence-corrected chi connectivity index (χ0v) is 21.0. The molecule has 0 atom stereocenters. The molecule has 1 aromatic heterocycles. The number of hydrogen-bond donors (Lipinski definition) is 1. The number of aryl methyl sites for hydroxylation is 1. The van der Waals surface area contributed by atoms with E-state index in [0.29, 0.717) is 46.4 Å². The Kier molecular flexibility index (Phi) is 6.95. The van der Waals surface area contributed by atoms with Gasteiger partial charge in [-0.05, 0) is 41.7 Å². The molecule has 1 N–H and O–H groups in total. The van der Waals surface area contributed by atoms with Gasteiger partial charge in [0.2, 0.25) is 12.7 Å². The summed E-state index contributed by atoms with van der Waals surface area (Å²) in [6.07, 6.45) is 0.667. The number of nitrogens with one attached hydrogen (secondary N) is 1. The summed E-state index contributed by atoms with van der Waals surface area (Å²) >= 11 is 1.25. The summed E-state index contributed by atoms with van der Waals surface area (Å²) in [5.41, 5.74) is 3.43. The Hall–Kier alpha value is -3.78. The molecular weight excluding hydrogens is 474 g/mol. The highest BCUT2D eigenvalue weighted by molar-refractivity contribution is 7.99. The fourth-order valence-electron chi connectivity index (χ4n) is 4.06. The van der Waals surface area contributed by atoms with Crippen LogP contribution in [0.15, 0.2) is 76.7 Å². The Bertz CT molecular complexity index is 1450. The van der Waals surface area contributed by atoms with Crippen LogP contribution in [-0.4, -0.2) is 28.0 Å². The third-order valence-electron chi connectivity index (χ3n) is 6.07. The van der Waals surface area contributed by atoms with Crippen molar-refractivity contribution in [2.45, 2.75) is 37.9 Å². The maximum absolute atomic E-state index is 13.5. The lowest BCUT2D eigenvalue weighted by Gasteiger charge is -2.14. The van der Waals surface area contributed by atoms with Crippen LogP contribution in [0.4, 0.5) is 5.69 Å². The van der Waals surface area contributed by atoms with Gasteiger partial charge in [0.15, 0.2) is 16.7 Å². The van der Waals surface area contributed by atoms with E-state index in [2.05, 4.69) is 19.2 Å². The second-order valence-corrected chi connectivity index (χ2v) is 9.87. The number of hydrogen-bond acceptors (Lipinski definition) is 6. The number of carbonyl (C=O) groups excluding carboxylic acids is 1. The average Bonchev–Trinajstić information content (AvgIpc) is 3.34. The Morgan fingerprint density at radius 1 is 1.06 bits per heavy atom. The van der Waals surface area contributed by atoms with Crippen LogP contribution >= 0.6 is 11.8 Å². The number of rotatable bonds is 8. The van der Waals surface area contributed by atoms with Crippen molar-refractivity contribution < 1.29 is 14.3 Å². The molecule has 5 rings (SSSR count). The largest absolute Gasteiger partial charge is 0.454 e. The first-order valence-corrected chi connectivity index (χ1v) is 12.9. The molecule has 0 unspecified atom stereocenters. The summed E-state index contributed by atoms with van der Waals surface area (Å²) in [7, 11) is 0. The zero-order chi connectivity index (χ0) is 25.1. The summed E-state index contributed by atoms with van der Waals surface area (Å²) in [5, 5.41) is 3.89. The van der Waals surface area contributed by atoms with Gasteiger partial charge in [-0.15, -0.1) is 0 Å². The molecule has 0 spiro atoms. The van der Waals surface area contributed by atoms with Crippen molar-refractivity contribution in [2.75, 3.05) is 17.9 Å². The number of carbonyl (C=O) groups is 1. The van der Waals surface area contributed by atoms with Gasteiger partial charge in [0.1, 0.15) is 0 Å². The third-order valence-corrected chi connectivity index (χ3v) is 7.05. The Morgan fingerprint density at radius 3 is 2.50 bits per heavy atom. The van der Waals surface area contributed by atoms with E-state index >= 15 is 0 Å². The number of thioether (sulfide) groups is 1. The van der Waals surface area contributed by atoms with Crippen LogP contribution in [0.2, 0.25) is 0 Å². The molecule has 2 heterocycles. The molecule has 0 fully saturated rings. The highest BCUT2D eigenvalue weighted by Crippen LogP contribution is 2.35. The van der Waals surface area contributed by atoms with Crippen LogP contribution < -0.4 is 20.3 Å². The lowest BCUT2D eigenvalue weighted by molar-refractivity contribution is -0.113. The lowest BCUT2D eigenvalue weighted by Crippen LogP contribution is -2.25. The van der Waals surface area contributed by atoms with E-state index in [1.165, 1.54) is 17.3 Å². The number of anilines is 1. The molecule has 7 nitrogen and oxygen atoms in total. The Balaban J connectivity index is 1.39. The minimum atomic E-state index is -0.165. The van der Waals surface area contributed by atoms with Crippen molar-refractivity contribution >= 4 is 34.3 Å². The smallest absolute Gasteiger partial charge is 0.262 e. The first-order chi connectivity index (χ1) is 17.5. The minimum Gasteiger partial charge on any atom is -0.454 e. The fourth-order valence-corrected chi connectivity index (χ4v) is 4.89. The van der Waals surface area contributed by atoms with Crippen molar-refractivity contribution in [3.05, 3.63) is 88.2 Å². The summed E-state index contributed by atoms with van der Waals surface area (Å²) in [5.74, 6) is 1.50. The molecule has 3 aromatic carbocycles. The number of aromatic nitrogens is 2. The molecule has 0 radical (unpaired) electrons. The normalized spacial score (nSPS) is 12.3. The first-order valence-electron chi connectivity index (χ1n) is 11.9. The number of benzene rings is 3. The number of nitrogens with zero attached hydrogens (tertiary/aromatic N) is 2. The van der Waals surface area contributed by atoms with Gasteiger partial charge in [-0.25, -0.2) is 4.98 Å². The molecule has 8 heteroatoms. The molecule has 1 aliphatic heterocycles. The van der Waals surface area contributed by atoms with Crippen molar-refractivity contribution in [1.29, 1.82) is 0 Å². The van der Waals surface area contributed by atoms with Crippen LogP contribution in [-0.2, 0) is 17.8 Å². The topological polar surface area (TPSA) is 82.5 Å². The maximum Gasteiger partial charge on any atom is 0.262 e. The molecular formula is C28H27N3O4S. The molecule has 184 valence electrons. The Labute approximate surface area is 213 Å². The van der Waals surface area contributed by atoms with Crippen LogP contribution in [0.1, 0.15) is 30.9 Å². The third kappa shape index (κ3) is 5.23. The second-order valence-electron chi connectivity index (χ2n) is 8.92. The SMILES string of the molecule is CC(C)c1ccc(NC(=O)CSc2nc3cc4c(cc3c(=O)n2CCc2ccccc2)OCO4)cc1. The molecule has 4 aromatic rings. The van der Waals surface area contributed by atoms with E-state index in [9.17, 15) is 9.59 Å². The van der Waals surface area contributed by atoms with E-state index < -0.39 is 0 Å². The van der Waals surface area contributed by atoms with E-state index in [1.54, 1.807) is 16.7 Å². The summed E-state index contributed by atoms with van der Waals surface area (Å²) in [6, 6.07) is 21.2. The van der Waals surface area contributed by atoms with E-state index in [-0.39, 0.29) is 24.0 Å². The van der Waals surface area contributed by atoms with Crippen molar-refractivity contribution in [2.24, 2.45) is 0 Å². The molecule has 0 saturated heterocycles. The molecule has 0 bridgehead atoms. The molecule has 0 saturated carbocycles. The standard InChI is InChI=1S/C28H27N3O4S/c1-18(2)20-8-10-21(11-9-20)29-26(32)16-36-28-30-23-15-25-24(34-17-35-25)14-22(23)27(33)31(28)13-12-19-6-4-3-5-7-19/h3-11,14-15,18H,12-13,16-17H2,1-2H3,(H,29,32). The summed E-state index contributed by atoms with van der Waals surface area (Å²) in [6.45, 7) is 4.83. The quantitative estimate of drug-likeness (QED) is 0.263. The van der Waals surface area contributed by atoms with E-state index in [4.69, 9.17) is 14.5 Å². The average molecular weight is 502 g/mol. The van der Waals surface area contributed by atoms with E-state index in [0.717, 1.165) is 11.3 Å². The monoisotopic (exact) mass is 501 g/mol. The molecule has 36 heavy (non-hydrogen) atoms. The second kappa shape index (κ2) is 10.5. The predicted octanol–water partition coefficient (Wildman–Crippen LogP) is 5.22. The van der Waals surface area contributed by atoms with Crippen LogP contribution in [0.3, 0.4) is 0 Å². The van der Waals surface area contributed by atoms with Gasteiger partial charge in [0.05, 0.1) is 16.7 Å². The van der Waals surface area contributed by atoms with E-state index in [1.807, 2.05) is 54.6 Å². The van der Waals surface area contributed by atoms with Crippen LogP contribution in [0.5, 0.6) is 11.5 Å². The van der Waals surface area contributed by atoms with Crippen LogP contribution in [0.25, 0.3) is 10.9 Å². The predicted molar refractivity (Wildman–Crippen MR) is 142 cm³/mol. The van der Waals surface area contributed by atoms with Gasteiger partial charge in [-0.2, -0.15) is 0 Å². The number of fused-ring (bicyclic) bond motifs is 2. The van der Waals surface area contributed by atoms with Gasteiger partial charge in [-0.3, -0.25) is 14.2 Å². The summed E-state index contributed by atoms with van der Waals surface area (Å²) in [4.78, 5) is 31.0. The van der Waals surface area contributed by atoms with Gasteiger partial charge in [-0.1, -0.05) is 68.1 Å². The first kappa shape index (κ1) is 23.9. The maximum atomic E-state index is 13.5. The van der Waals surface area contributed by atoms with Crippen molar-refractivity contribution in [1.82, 2.24) is 9.55 Å². The lowest BCUT2D eigenvalue weighted by atomic mass is 10.0.